The highest BCUT2D eigenvalue weighted by Crippen LogP contribution is 2.23. The number of allylic oxidation sites excluding steroid dienone is 3. The van der Waals surface area contributed by atoms with Gasteiger partial charge < -0.3 is 20.1 Å². The number of methoxy groups -OCH3 is 1. The monoisotopic (exact) mass is 507 g/mol. The predicted molar refractivity (Wildman–Crippen MR) is 135 cm³/mol. The van der Waals surface area contributed by atoms with Crippen LogP contribution in [0.1, 0.15) is 65.7 Å². The number of carbonyl (C=O) groups is 4. The van der Waals surface area contributed by atoms with E-state index in [1.807, 2.05) is 0 Å². The van der Waals surface area contributed by atoms with E-state index in [1.165, 1.54) is 7.11 Å². The molecule has 0 aromatic rings. The lowest BCUT2D eigenvalue weighted by Crippen LogP contribution is -2.39. The van der Waals surface area contributed by atoms with Gasteiger partial charge in [0.15, 0.2) is 0 Å². The van der Waals surface area contributed by atoms with Gasteiger partial charge >= 0.3 is 5.97 Å². The van der Waals surface area contributed by atoms with Gasteiger partial charge in [-0.05, 0) is 44.1 Å². The normalized spacial score (nSPS) is 19.8. The molecule has 9 heteroatoms. The minimum absolute atomic E-state index is 0.0102. The maximum absolute atomic E-state index is 12.6. The Morgan fingerprint density at radius 3 is 2.31 bits per heavy atom. The molecule has 0 radical (unpaired) electrons. The maximum Gasteiger partial charge on any atom is 0.327 e. The second-order valence-corrected chi connectivity index (χ2v) is 9.54. The number of Topliss-reactive ketones (excluding diaryl/α,β-unsaturated/α-hetero) is 1. The minimum Gasteiger partial charge on any atom is -0.478 e. The first-order valence-electron chi connectivity index (χ1n) is 12.4. The van der Waals surface area contributed by atoms with Gasteiger partial charge in [0, 0.05) is 44.3 Å². The summed E-state index contributed by atoms with van der Waals surface area (Å²) in [5.74, 6) is -2.54. The van der Waals surface area contributed by atoms with Crippen molar-refractivity contribution in [2.45, 2.75) is 84.0 Å². The van der Waals surface area contributed by atoms with E-state index in [-0.39, 0.29) is 23.5 Å². The van der Waals surface area contributed by atoms with Gasteiger partial charge in [-0.1, -0.05) is 38.2 Å². The molecule has 1 aliphatic rings. The number of amides is 2. The van der Waals surface area contributed by atoms with Crippen LogP contribution >= 0.6 is 0 Å². The number of aliphatic carboxylic acids is 1. The lowest BCUT2D eigenvalue weighted by Gasteiger charge is -2.29. The summed E-state index contributed by atoms with van der Waals surface area (Å²) in [4.78, 5) is 46.0. The Hall–Kier alpha value is -2.62. The zero-order valence-corrected chi connectivity index (χ0v) is 21.7. The van der Waals surface area contributed by atoms with Gasteiger partial charge in [0.25, 0.3) is 0 Å². The van der Waals surface area contributed by atoms with Crippen LogP contribution in [0.3, 0.4) is 0 Å². The van der Waals surface area contributed by atoms with Crippen LogP contribution in [-0.4, -0.2) is 64.3 Å². The highest BCUT2D eigenvalue weighted by molar-refractivity contribution is 5.97. The molecular formula is C27H41NO8. The number of rotatable bonds is 16. The molecule has 2 amide bonds. The smallest absolute Gasteiger partial charge is 0.327 e. The molecule has 0 aliphatic carbocycles. The van der Waals surface area contributed by atoms with Crippen molar-refractivity contribution in [1.82, 2.24) is 5.32 Å². The summed E-state index contributed by atoms with van der Waals surface area (Å²) in [5.41, 5.74) is 0.578. The Labute approximate surface area is 213 Å². The van der Waals surface area contributed by atoms with E-state index in [1.54, 1.807) is 45.1 Å². The third-order valence-corrected chi connectivity index (χ3v) is 6.48. The number of unbranched alkanes of at least 4 members (excludes halogenated alkanes) is 1. The van der Waals surface area contributed by atoms with Crippen molar-refractivity contribution in [3.8, 4) is 0 Å². The summed E-state index contributed by atoms with van der Waals surface area (Å²) >= 11 is 0. The van der Waals surface area contributed by atoms with Crippen LogP contribution in [0, 0.1) is 17.8 Å². The summed E-state index contributed by atoms with van der Waals surface area (Å²) in [6, 6.07) is 0. The topological polar surface area (TPSA) is 150 Å². The van der Waals surface area contributed by atoms with E-state index in [9.17, 15) is 29.4 Å². The Morgan fingerprint density at radius 1 is 1.11 bits per heavy atom. The Kier molecular flexibility index (Phi) is 14.1. The van der Waals surface area contributed by atoms with Crippen molar-refractivity contribution in [2.75, 3.05) is 7.11 Å². The van der Waals surface area contributed by atoms with Crippen LogP contribution in [-0.2, 0) is 23.9 Å². The number of ether oxygens (including phenoxy) is 1. The number of nitrogens with one attached hydrogen (secondary N) is 1. The van der Waals surface area contributed by atoms with E-state index >= 15 is 0 Å². The molecule has 0 aromatic carbocycles. The van der Waals surface area contributed by atoms with Gasteiger partial charge in [-0.2, -0.15) is 0 Å². The van der Waals surface area contributed by atoms with Crippen LogP contribution in [0.25, 0.3) is 0 Å². The van der Waals surface area contributed by atoms with E-state index in [0.29, 0.717) is 50.5 Å². The molecule has 0 spiro atoms. The zero-order chi connectivity index (χ0) is 27.3. The molecule has 202 valence electrons. The molecular weight excluding hydrogens is 466 g/mol. The van der Waals surface area contributed by atoms with Crippen molar-refractivity contribution in [1.29, 1.82) is 0 Å². The fraction of sp³-hybridized carbons (Fsp3) is 0.630. The molecule has 0 saturated carbocycles. The average molecular weight is 508 g/mol. The number of piperidine rings is 1. The molecule has 1 aliphatic heterocycles. The van der Waals surface area contributed by atoms with Crippen LogP contribution in [0.2, 0.25) is 0 Å². The van der Waals surface area contributed by atoms with Gasteiger partial charge in [-0.3, -0.25) is 19.7 Å². The van der Waals surface area contributed by atoms with Gasteiger partial charge in [-0.25, -0.2) is 4.79 Å². The first-order chi connectivity index (χ1) is 17.0. The maximum atomic E-state index is 12.6. The predicted octanol–water partition coefficient (Wildman–Crippen LogP) is 2.71. The lowest BCUT2D eigenvalue weighted by atomic mass is 9.87. The molecule has 0 aromatic heterocycles. The highest BCUT2D eigenvalue weighted by Gasteiger charge is 2.30. The zero-order valence-electron chi connectivity index (χ0n) is 21.7. The summed E-state index contributed by atoms with van der Waals surface area (Å²) in [6.45, 7) is 5.18. The van der Waals surface area contributed by atoms with Crippen LogP contribution < -0.4 is 5.32 Å². The second kappa shape index (κ2) is 16.2. The van der Waals surface area contributed by atoms with Gasteiger partial charge in [0.1, 0.15) is 11.9 Å². The molecule has 0 bridgehead atoms. The number of carbonyl (C=O) groups excluding carboxylic acids is 3. The number of imide groups is 1. The van der Waals surface area contributed by atoms with Gasteiger partial charge in [-0.15, -0.1) is 0 Å². The van der Waals surface area contributed by atoms with Crippen LogP contribution in [0.5, 0.6) is 0 Å². The van der Waals surface area contributed by atoms with Crippen molar-refractivity contribution in [3.05, 3.63) is 36.0 Å². The van der Waals surface area contributed by atoms with E-state index in [2.05, 4.69) is 5.32 Å². The molecule has 0 unspecified atom stereocenters. The van der Waals surface area contributed by atoms with Crippen LogP contribution in [0.15, 0.2) is 36.0 Å². The van der Waals surface area contributed by atoms with Crippen molar-refractivity contribution in [3.63, 3.8) is 0 Å². The Bertz CT molecular complexity index is 831. The number of aliphatic hydroxyl groups is 2. The molecule has 1 saturated heterocycles. The quantitative estimate of drug-likeness (QED) is 0.108. The summed E-state index contributed by atoms with van der Waals surface area (Å²) in [5, 5.41) is 32.4. The minimum atomic E-state index is -1.00. The Balaban J connectivity index is 2.57. The molecule has 1 fully saturated rings. The standard InChI is InChI=1S/C27H41NO8/c1-17(21(29)11-9-10-20-15-23(30)28-24(31)16-20)14-18(2)26(34)19(3)27(35)22(36-4)12-7-5-6-8-13-25(32)33/h7-8,12-14,17,19-20,22,26-27,34-35H,5-6,9-11,15-16H2,1-4H3,(H,32,33)(H,28,30,31)/b12-7+,13-8+,18-14+/t17-,19+,22+,26+,27-/m0/s1. The Morgan fingerprint density at radius 2 is 1.72 bits per heavy atom. The van der Waals surface area contributed by atoms with E-state index < -0.39 is 36.1 Å². The first-order valence-corrected chi connectivity index (χ1v) is 12.4. The number of hydrogen-bond donors (Lipinski definition) is 4. The number of ketones is 1. The molecule has 1 rings (SSSR count). The fourth-order valence-electron chi connectivity index (χ4n) is 4.28. The molecule has 1 heterocycles. The number of hydrogen-bond acceptors (Lipinski definition) is 7. The molecule has 9 nitrogen and oxygen atoms in total. The van der Waals surface area contributed by atoms with Gasteiger partial charge in [0.2, 0.25) is 11.8 Å². The van der Waals surface area contributed by atoms with Crippen molar-refractivity contribution in [2.24, 2.45) is 17.8 Å². The molecule has 5 atom stereocenters. The number of aliphatic hydroxyl groups excluding tert-OH is 2. The van der Waals surface area contributed by atoms with E-state index in [4.69, 9.17) is 9.84 Å². The first kappa shape index (κ1) is 31.4. The SMILES string of the molecule is CO[C@H](/C=C/CC/C=C/C(=O)O)[C@@H](O)[C@H](C)[C@H](O)/C(C)=C/[C@H](C)C(=O)CCCC1CC(=O)NC(=O)C1. The summed E-state index contributed by atoms with van der Waals surface area (Å²) < 4.78 is 5.36. The summed E-state index contributed by atoms with van der Waals surface area (Å²) in [7, 11) is 1.46. The third-order valence-electron chi connectivity index (χ3n) is 6.48. The number of carboxylic acids is 1. The van der Waals surface area contributed by atoms with Crippen LogP contribution in [0.4, 0.5) is 0 Å². The van der Waals surface area contributed by atoms with Crippen molar-refractivity contribution >= 4 is 23.6 Å². The lowest BCUT2D eigenvalue weighted by molar-refractivity contribution is -0.135. The fourth-order valence-corrected chi connectivity index (χ4v) is 4.28. The number of carboxylic acid groups (broad SMARTS) is 1. The average Bonchev–Trinajstić information content (AvgIpc) is 2.81. The van der Waals surface area contributed by atoms with E-state index in [0.717, 1.165) is 6.08 Å². The largest absolute Gasteiger partial charge is 0.478 e. The van der Waals surface area contributed by atoms with Crippen molar-refractivity contribution < 1.29 is 39.2 Å². The summed E-state index contributed by atoms with van der Waals surface area (Å²) in [6.07, 6.45) is 8.46. The third kappa shape index (κ3) is 11.4. The molecule has 4 N–H and O–H groups in total. The highest BCUT2D eigenvalue weighted by atomic mass is 16.5. The second-order valence-electron chi connectivity index (χ2n) is 9.54. The molecule has 36 heavy (non-hydrogen) atoms. The van der Waals surface area contributed by atoms with Gasteiger partial charge in [0.05, 0.1) is 12.2 Å².